The molecule has 0 saturated heterocycles. The Labute approximate surface area is 154 Å². The third-order valence-electron chi connectivity index (χ3n) is 3.97. The van der Waals surface area contributed by atoms with E-state index in [0.29, 0.717) is 11.5 Å². The fourth-order valence-electron chi connectivity index (χ4n) is 2.60. The van der Waals surface area contributed by atoms with Crippen LogP contribution in [-0.2, 0) is 14.6 Å². The van der Waals surface area contributed by atoms with Crippen molar-refractivity contribution in [1.82, 2.24) is 0 Å². The molecule has 0 unspecified atom stereocenters. The average molecular weight is 376 g/mol. The summed E-state index contributed by atoms with van der Waals surface area (Å²) >= 11 is 0. The summed E-state index contributed by atoms with van der Waals surface area (Å²) in [5.41, 5.74) is 2.75. The van der Waals surface area contributed by atoms with E-state index in [0.717, 1.165) is 12.0 Å². The van der Waals surface area contributed by atoms with Gasteiger partial charge in [0.05, 0.1) is 10.5 Å². The van der Waals surface area contributed by atoms with Gasteiger partial charge in [0.1, 0.15) is 19.0 Å². The summed E-state index contributed by atoms with van der Waals surface area (Å²) in [6.07, 6.45) is 1.12. The molecule has 0 radical (unpaired) electrons. The van der Waals surface area contributed by atoms with Gasteiger partial charge >= 0.3 is 5.97 Å². The standard InChI is InChI=1S/C20H24O5S/c1-14(2)19-10-7-17(13-15(19)3)24-11-12-25-20(21)16-5-8-18(9-6-16)26(4,22)23/h5-10,13-14H,11-12H2,1-4H3. The molecule has 0 aliphatic carbocycles. The van der Waals surface area contributed by atoms with Crippen LogP contribution in [0.15, 0.2) is 47.4 Å². The lowest BCUT2D eigenvalue weighted by Gasteiger charge is -2.12. The van der Waals surface area contributed by atoms with Gasteiger partial charge in [0.15, 0.2) is 9.84 Å². The van der Waals surface area contributed by atoms with Crippen molar-refractivity contribution in [2.24, 2.45) is 0 Å². The molecule has 2 aromatic carbocycles. The predicted octanol–water partition coefficient (Wildman–Crippen LogP) is 3.76. The monoisotopic (exact) mass is 376 g/mol. The zero-order valence-electron chi connectivity index (χ0n) is 15.5. The highest BCUT2D eigenvalue weighted by Gasteiger charge is 2.11. The topological polar surface area (TPSA) is 69.7 Å². The number of esters is 1. The summed E-state index contributed by atoms with van der Waals surface area (Å²) in [7, 11) is -3.28. The van der Waals surface area contributed by atoms with Gasteiger partial charge < -0.3 is 9.47 Å². The lowest BCUT2D eigenvalue weighted by molar-refractivity contribution is 0.0450. The lowest BCUT2D eigenvalue weighted by Crippen LogP contribution is -2.12. The van der Waals surface area contributed by atoms with E-state index in [1.54, 1.807) is 0 Å². The zero-order valence-corrected chi connectivity index (χ0v) is 16.3. The van der Waals surface area contributed by atoms with E-state index in [4.69, 9.17) is 9.47 Å². The Morgan fingerprint density at radius 2 is 1.69 bits per heavy atom. The Hall–Kier alpha value is -2.34. The molecule has 140 valence electrons. The number of sulfone groups is 1. The highest BCUT2D eigenvalue weighted by Crippen LogP contribution is 2.23. The van der Waals surface area contributed by atoms with Crippen LogP contribution < -0.4 is 4.74 Å². The van der Waals surface area contributed by atoms with Crippen molar-refractivity contribution < 1.29 is 22.7 Å². The van der Waals surface area contributed by atoms with Gasteiger partial charge in [-0.05, 0) is 60.4 Å². The van der Waals surface area contributed by atoms with Crippen LogP contribution in [0, 0.1) is 6.92 Å². The molecule has 2 aromatic rings. The maximum atomic E-state index is 12.0. The number of carbonyl (C=O) groups excluding carboxylic acids is 1. The summed E-state index contributed by atoms with van der Waals surface area (Å²) in [4.78, 5) is 12.1. The molecule has 26 heavy (non-hydrogen) atoms. The summed E-state index contributed by atoms with van der Waals surface area (Å²) in [5.74, 6) is 0.680. The maximum absolute atomic E-state index is 12.0. The molecule has 0 atom stereocenters. The summed E-state index contributed by atoms with van der Waals surface area (Å²) in [6, 6.07) is 11.6. The van der Waals surface area contributed by atoms with Crippen molar-refractivity contribution in [2.45, 2.75) is 31.6 Å². The second kappa shape index (κ2) is 8.36. The van der Waals surface area contributed by atoms with Crippen molar-refractivity contribution in [3.8, 4) is 5.75 Å². The number of rotatable bonds is 7. The van der Waals surface area contributed by atoms with Crippen LogP contribution in [-0.4, -0.2) is 33.9 Å². The summed E-state index contributed by atoms with van der Waals surface area (Å²) in [6.45, 7) is 6.68. The third kappa shape index (κ3) is 5.33. The van der Waals surface area contributed by atoms with Crippen LogP contribution in [0.5, 0.6) is 5.75 Å². The van der Waals surface area contributed by atoms with E-state index in [1.165, 1.54) is 35.4 Å². The molecule has 0 spiro atoms. The van der Waals surface area contributed by atoms with Crippen molar-refractivity contribution in [3.05, 3.63) is 59.2 Å². The number of carbonyl (C=O) groups is 1. The van der Waals surface area contributed by atoms with Crippen LogP contribution in [0.3, 0.4) is 0 Å². The smallest absolute Gasteiger partial charge is 0.338 e. The minimum Gasteiger partial charge on any atom is -0.490 e. The molecule has 0 bridgehead atoms. The SMILES string of the molecule is Cc1cc(OCCOC(=O)c2ccc(S(C)(=O)=O)cc2)ccc1C(C)C. The molecular weight excluding hydrogens is 352 g/mol. The van der Waals surface area contributed by atoms with Crippen LogP contribution in [0.25, 0.3) is 0 Å². The number of ether oxygens (including phenoxy) is 2. The minimum absolute atomic E-state index is 0.109. The Balaban J connectivity index is 1.84. The molecule has 0 fully saturated rings. The molecule has 2 rings (SSSR count). The van der Waals surface area contributed by atoms with Crippen molar-refractivity contribution in [1.29, 1.82) is 0 Å². The second-order valence-electron chi connectivity index (χ2n) is 6.45. The maximum Gasteiger partial charge on any atom is 0.338 e. The van der Waals surface area contributed by atoms with E-state index in [2.05, 4.69) is 13.8 Å². The number of hydrogen-bond donors (Lipinski definition) is 0. The van der Waals surface area contributed by atoms with Gasteiger partial charge in [-0.2, -0.15) is 0 Å². The molecule has 0 heterocycles. The van der Waals surface area contributed by atoms with Crippen LogP contribution in [0.4, 0.5) is 0 Å². The molecular formula is C20H24O5S. The number of aryl methyl sites for hydroxylation is 1. The molecule has 0 N–H and O–H groups in total. The Morgan fingerprint density at radius 1 is 1.04 bits per heavy atom. The van der Waals surface area contributed by atoms with E-state index < -0.39 is 15.8 Å². The highest BCUT2D eigenvalue weighted by atomic mass is 32.2. The first kappa shape index (κ1) is 20.0. The van der Waals surface area contributed by atoms with E-state index in [9.17, 15) is 13.2 Å². The lowest BCUT2D eigenvalue weighted by atomic mass is 9.98. The second-order valence-corrected chi connectivity index (χ2v) is 8.47. The largest absolute Gasteiger partial charge is 0.490 e. The highest BCUT2D eigenvalue weighted by molar-refractivity contribution is 7.90. The molecule has 0 aliphatic rings. The Kier molecular flexibility index (Phi) is 6.42. The van der Waals surface area contributed by atoms with Gasteiger partial charge in [-0.3, -0.25) is 0 Å². The quantitative estimate of drug-likeness (QED) is 0.544. The van der Waals surface area contributed by atoms with Crippen molar-refractivity contribution in [3.63, 3.8) is 0 Å². The minimum atomic E-state index is -3.28. The van der Waals surface area contributed by atoms with Crippen molar-refractivity contribution >= 4 is 15.8 Å². The van der Waals surface area contributed by atoms with Crippen LogP contribution in [0.1, 0.15) is 41.3 Å². The van der Waals surface area contributed by atoms with Crippen LogP contribution in [0.2, 0.25) is 0 Å². The number of benzene rings is 2. The van der Waals surface area contributed by atoms with Crippen molar-refractivity contribution in [2.75, 3.05) is 19.5 Å². The molecule has 0 aliphatic heterocycles. The fraction of sp³-hybridized carbons (Fsp3) is 0.350. The van der Waals surface area contributed by atoms with E-state index in [1.807, 2.05) is 25.1 Å². The fourth-order valence-corrected chi connectivity index (χ4v) is 3.23. The first-order chi connectivity index (χ1) is 12.2. The molecule has 6 heteroatoms. The number of hydrogen-bond acceptors (Lipinski definition) is 5. The first-order valence-corrected chi connectivity index (χ1v) is 10.3. The molecule has 0 aromatic heterocycles. The molecule has 0 saturated carbocycles. The van der Waals surface area contributed by atoms with Gasteiger partial charge in [0.2, 0.25) is 0 Å². The van der Waals surface area contributed by atoms with Gasteiger partial charge in [-0.1, -0.05) is 19.9 Å². The average Bonchev–Trinajstić information content (AvgIpc) is 2.57. The van der Waals surface area contributed by atoms with Crippen LogP contribution >= 0.6 is 0 Å². The summed E-state index contributed by atoms with van der Waals surface area (Å²) < 4.78 is 33.6. The summed E-state index contributed by atoms with van der Waals surface area (Å²) in [5, 5.41) is 0. The van der Waals surface area contributed by atoms with E-state index >= 15 is 0 Å². The van der Waals surface area contributed by atoms with Gasteiger partial charge in [-0.15, -0.1) is 0 Å². The normalized spacial score (nSPS) is 11.4. The molecule has 5 nitrogen and oxygen atoms in total. The zero-order chi connectivity index (χ0) is 19.3. The van der Waals surface area contributed by atoms with Gasteiger partial charge in [0, 0.05) is 6.26 Å². The molecule has 0 amide bonds. The Morgan fingerprint density at radius 3 is 2.23 bits per heavy atom. The third-order valence-corrected chi connectivity index (χ3v) is 5.10. The predicted molar refractivity (Wildman–Crippen MR) is 101 cm³/mol. The van der Waals surface area contributed by atoms with Gasteiger partial charge in [0.25, 0.3) is 0 Å². The Bertz CT molecular complexity index is 868. The van der Waals surface area contributed by atoms with E-state index in [-0.39, 0.29) is 18.1 Å². The first-order valence-electron chi connectivity index (χ1n) is 8.39. The van der Waals surface area contributed by atoms with Gasteiger partial charge in [-0.25, -0.2) is 13.2 Å².